The molecule has 0 bridgehead atoms. The van der Waals surface area contributed by atoms with Gasteiger partial charge in [-0.1, -0.05) is 0 Å². The summed E-state index contributed by atoms with van der Waals surface area (Å²) in [7, 11) is 0. The molecule has 0 aromatic carbocycles. The molecule has 0 aromatic heterocycles. The summed E-state index contributed by atoms with van der Waals surface area (Å²) in [4.78, 5) is 11.7. The molecular formula is C13H26N2O2. The monoisotopic (exact) mass is 242 g/mol. The first-order chi connectivity index (χ1) is 8.08. The van der Waals surface area contributed by atoms with E-state index in [0.717, 1.165) is 19.5 Å². The van der Waals surface area contributed by atoms with Crippen molar-refractivity contribution in [1.29, 1.82) is 0 Å². The normalized spacial score (nSPS) is 24.1. The predicted octanol–water partition coefficient (Wildman–Crippen LogP) is 1.04. The molecule has 3 N–H and O–H groups in total. The van der Waals surface area contributed by atoms with E-state index in [1.54, 1.807) is 6.92 Å². The van der Waals surface area contributed by atoms with E-state index in [-0.39, 0.29) is 18.1 Å². The molecule has 3 atom stereocenters. The maximum absolute atomic E-state index is 11.7. The summed E-state index contributed by atoms with van der Waals surface area (Å²) in [6.45, 7) is 5.85. The van der Waals surface area contributed by atoms with Crippen LogP contribution < -0.4 is 10.6 Å². The number of carbonyl (C=O) groups is 1. The van der Waals surface area contributed by atoms with Crippen molar-refractivity contribution >= 4 is 5.91 Å². The van der Waals surface area contributed by atoms with Gasteiger partial charge in [0.05, 0.1) is 6.10 Å². The Morgan fingerprint density at radius 2 is 2.29 bits per heavy atom. The van der Waals surface area contributed by atoms with E-state index < -0.39 is 0 Å². The Bertz CT molecular complexity index is 225. The van der Waals surface area contributed by atoms with Gasteiger partial charge in [-0.3, -0.25) is 4.79 Å². The minimum absolute atomic E-state index is 0.0620. The summed E-state index contributed by atoms with van der Waals surface area (Å²) in [6.07, 6.45) is 4.31. The fourth-order valence-corrected chi connectivity index (χ4v) is 2.42. The van der Waals surface area contributed by atoms with Gasteiger partial charge in [0.25, 0.3) is 0 Å². The van der Waals surface area contributed by atoms with Crippen LogP contribution in [0.25, 0.3) is 0 Å². The van der Waals surface area contributed by atoms with Gasteiger partial charge in [-0.05, 0) is 58.5 Å². The molecule has 4 heteroatoms. The lowest BCUT2D eigenvalue weighted by Crippen LogP contribution is -2.35. The third-order valence-corrected chi connectivity index (χ3v) is 3.28. The lowest BCUT2D eigenvalue weighted by atomic mass is 9.94. The maximum Gasteiger partial charge on any atom is 0.220 e. The van der Waals surface area contributed by atoms with Crippen LogP contribution in [0.1, 0.15) is 46.0 Å². The summed E-state index contributed by atoms with van der Waals surface area (Å²) < 4.78 is 0. The molecule has 1 saturated heterocycles. The van der Waals surface area contributed by atoms with Gasteiger partial charge in [-0.25, -0.2) is 0 Å². The van der Waals surface area contributed by atoms with E-state index in [1.165, 1.54) is 12.8 Å². The second-order valence-electron chi connectivity index (χ2n) is 5.30. The second kappa shape index (κ2) is 7.67. The van der Waals surface area contributed by atoms with Crippen LogP contribution in [0.4, 0.5) is 0 Å². The first-order valence-electron chi connectivity index (χ1n) is 6.76. The average molecular weight is 242 g/mol. The molecule has 1 rings (SSSR count). The van der Waals surface area contributed by atoms with Crippen LogP contribution in [0, 0.1) is 5.92 Å². The van der Waals surface area contributed by atoms with E-state index in [9.17, 15) is 9.90 Å². The van der Waals surface area contributed by atoms with Crippen molar-refractivity contribution in [2.75, 3.05) is 13.1 Å². The van der Waals surface area contributed by atoms with Gasteiger partial charge in [0.1, 0.15) is 0 Å². The number of aliphatic hydroxyl groups is 1. The first kappa shape index (κ1) is 14.5. The van der Waals surface area contributed by atoms with Crippen molar-refractivity contribution in [1.82, 2.24) is 10.6 Å². The minimum atomic E-state index is -0.354. The molecule has 0 radical (unpaired) electrons. The fourth-order valence-electron chi connectivity index (χ4n) is 2.42. The predicted molar refractivity (Wildman–Crippen MR) is 68.7 cm³/mol. The summed E-state index contributed by atoms with van der Waals surface area (Å²) in [5, 5.41) is 15.5. The number of hydrogen-bond donors (Lipinski definition) is 3. The summed E-state index contributed by atoms with van der Waals surface area (Å²) in [5.74, 6) is 0.769. The molecular weight excluding hydrogens is 216 g/mol. The van der Waals surface area contributed by atoms with Crippen molar-refractivity contribution < 1.29 is 9.90 Å². The molecule has 1 amide bonds. The van der Waals surface area contributed by atoms with E-state index in [4.69, 9.17) is 0 Å². The average Bonchev–Trinajstić information content (AvgIpc) is 2.26. The van der Waals surface area contributed by atoms with Crippen LogP contribution in [0.15, 0.2) is 0 Å². The lowest BCUT2D eigenvalue weighted by molar-refractivity contribution is -0.122. The maximum atomic E-state index is 11.7. The fraction of sp³-hybridized carbons (Fsp3) is 0.923. The number of piperidine rings is 1. The summed E-state index contributed by atoms with van der Waals surface area (Å²) in [6, 6.07) is 0.0620. The van der Waals surface area contributed by atoms with E-state index in [0.29, 0.717) is 18.8 Å². The highest BCUT2D eigenvalue weighted by atomic mass is 16.3. The van der Waals surface area contributed by atoms with Crippen molar-refractivity contribution in [3.8, 4) is 0 Å². The number of aliphatic hydroxyl groups excluding tert-OH is 1. The number of nitrogens with one attached hydrogen (secondary N) is 2. The summed E-state index contributed by atoms with van der Waals surface area (Å²) >= 11 is 0. The minimum Gasteiger partial charge on any atom is -0.393 e. The topological polar surface area (TPSA) is 61.4 Å². The van der Waals surface area contributed by atoms with Crippen molar-refractivity contribution in [3.63, 3.8) is 0 Å². The molecule has 100 valence electrons. The van der Waals surface area contributed by atoms with E-state index >= 15 is 0 Å². The Labute approximate surface area is 104 Å². The van der Waals surface area contributed by atoms with Crippen LogP contribution in [0.2, 0.25) is 0 Å². The zero-order valence-electron chi connectivity index (χ0n) is 11.0. The highest BCUT2D eigenvalue weighted by Crippen LogP contribution is 2.15. The van der Waals surface area contributed by atoms with Crippen LogP contribution in [-0.4, -0.2) is 36.2 Å². The molecule has 1 fully saturated rings. The van der Waals surface area contributed by atoms with Gasteiger partial charge >= 0.3 is 0 Å². The highest BCUT2D eigenvalue weighted by molar-refractivity contribution is 5.76. The molecule has 0 spiro atoms. The molecule has 1 heterocycles. The highest BCUT2D eigenvalue weighted by Gasteiger charge is 2.15. The van der Waals surface area contributed by atoms with Gasteiger partial charge in [0, 0.05) is 12.5 Å². The Hall–Kier alpha value is -0.610. The van der Waals surface area contributed by atoms with Gasteiger partial charge in [-0.15, -0.1) is 0 Å². The van der Waals surface area contributed by atoms with Gasteiger partial charge in [-0.2, -0.15) is 0 Å². The van der Waals surface area contributed by atoms with Crippen LogP contribution >= 0.6 is 0 Å². The smallest absolute Gasteiger partial charge is 0.220 e. The van der Waals surface area contributed by atoms with Crippen molar-refractivity contribution in [2.24, 2.45) is 5.92 Å². The number of amides is 1. The van der Waals surface area contributed by atoms with E-state index in [2.05, 4.69) is 10.6 Å². The Morgan fingerprint density at radius 1 is 1.53 bits per heavy atom. The van der Waals surface area contributed by atoms with Gasteiger partial charge in [0.15, 0.2) is 0 Å². The Balaban J connectivity index is 2.11. The Morgan fingerprint density at radius 3 is 2.88 bits per heavy atom. The molecule has 4 nitrogen and oxygen atoms in total. The molecule has 0 aromatic rings. The second-order valence-corrected chi connectivity index (χ2v) is 5.30. The Kier molecular flexibility index (Phi) is 6.52. The molecule has 17 heavy (non-hydrogen) atoms. The van der Waals surface area contributed by atoms with Crippen LogP contribution in [0.3, 0.4) is 0 Å². The first-order valence-corrected chi connectivity index (χ1v) is 6.76. The molecule has 0 saturated carbocycles. The molecule has 0 aliphatic carbocycles. The molecule has 3 unspecified atom stereocenters. The third-order valence-electron chi connectivity index (χ3n) is 3.28. The number of hydrogen-bond acceptors (Lipinski definition) is 3. The number of rotatable bonds is 6. The largest absolute Gasteiger partial charge is 0.393 e. The van der Waals surface area contributed by atoms with Crippen molar-refractivity contribution in [3.05, 3.63) is 0 Å². The van der Waals surface area contributed by atoms with Crippen molar-refractivity contribution in [2.45, 2.75) is 58.1 Å². The standard InChI is InChI=1S/C13H26N2O2/c1-10(8-11(2)16)15-13(17)6-5-12-4-3-7-14-9-12/h10-12,14,16H,3-9H2,1-2H3,(H,15,17). The zero-order chi connectivity index (χ0) is 12.7. The van der Waals surface area contributed by atoms with E-state index in [1.807, 2.05) is 6.92 Å². The summed E-state index contributed by atoms with van der Waals surface area (Å²) in [5.41, 5.74) is 0. The third kappa shape index (κ3) is 6.64. The van der Waals surface area contributed by atoms with Crippen LogP contribution in [-0.2, 0) is 4.79 Å². The zero-order valence-corrected chi connectivity index (χ0v) is 11.0. The van der Waals surface area contributed by atoms with Crippen LogP contribution in [0.5, 0.6) is 0 Å². The quantitative estimate of drug-likeness (QED) is 0.652. The van der Waals surface area contributed by atoms with Gasteiger partial charge < -0.3 is 15.7 Å². The van der Waals surface area contributed by atoms with Gasteiger partial charge in [0.2, 0.25) is 5.91 Å². The molecule has 1 aliphatic rings. The number of carbonyl (C=O) groups excluding carboxylic acids is 1. The molecule has 1 aliphatic heterocycles. The lowest BCUT2D eigenvalue weighted by Gasteiger charge is -2.22. The SMILES string of the molecule is CC(O)CC(C)NC(=O)CCC1CCCNC1.